The minimum absolute atomic E-state index is 0.0949. The van der Waals surface area contributed by atoms with Crippen LogP contribution in [0.15, 0.2) is 47.3 Å². The second-order valence-corrected chi connectivity index (χ2v) is 9.61. The third kappa shape index (κ3) is 3.27. The Hall–Kier alpha value is -3.08. The molecule has 35 heavy (non-hydrogen) atoms. The van der Waals surface area contributed by atoms with Crippen LogP contribution in [0.2, 0.25) is 0 Å². The number of aliphatic hydroxyl groups is 3. The molecule has 1 spiro atoms. The third-order valence-corrected chi connectivity index (χ3v) is 7.63. The molecular formula is C25H28O10. The number of hydrogen-bond donors (Lipinski definition) is 3. The van der Waals surface area contributed by atoms with Crippen LogP contribution in [0.25, 0.3) is 0 Å². The fraction of sp³-hybridized carbons (Fsp3) is 0.520. The lowest BCUT2D eigenvalue weighted by Crippen LogP contribution is -2.79. The van der Waals surface area contributed by atoms with Crippen molar-refractivity contribution in [3.8, 4) is 0 Å². The summed E-state index contributed by atoms with van der Waals surface area (Å²) in [5.74, 6) is -5.25. The van der Waals surface area contributed by atoms with Gasteiger partial charge in [-0.3, -0.25) is 9.59 Å². The van der Waals surface area contributed by atoms with Gasteiger partial charge in [-0.1, -0.05) is 18.2 Å². The predicted octanol–water partition coefficient (Wildman–Crippen LogP) is 0.773. The van der Waals surface area contributed by atoms with Crippen molar-refractivity contribution >= 4 is 23.5 Å². The number of Topliss-reactive ketones (excluding diaryl/α,β-unsaturated/α-hetero) is 2. The molecule has 1 aliphatic heterocycles. The minimum Gasteiger partial charge on any atom is -0.508 e. The van der Waals surface area contributed by atoms with Crippen LogP contribution in [0.4, 0.5) is 0 Å². The molecule has 3 N–H and O–H groups in total. The van der Waals surface area contributed by atoms with Crippen molar-refractivity contribution < 1.29 is 48.7 Å². The number of esters is 2. The number of ether oxygens (including phenoxy) is 3. The molecule has 4 fully saturated rings. The zero-order valence-electron chi connectivity index (χ0n) is 19.8. The van der Waals surface area contributed by atoms with Crippen LogP contribution in [-0.2, 0) is 33.4 Å². The van der Waals surface area contributed by atoms with E-state index in [0.29, 0.717) is 0 Å². The number of hydrogen-bond acceptors (Lipinski definition) is 10. The topological polar surface area (TPSA) is 157 Å². The van der Waals surface area contributed by atoms with Crippen molar-refractivity contribution in [3.63, 3.8) is 0 Å². The number of rotatable bonds is 3. The molecule has 0 radical (unpaired) electrons. The summed E-state index contributed by atoms with van der Waals surface area (Å²) >= 11 is 0. The quantitative estimate of drug-likeness (QED) is 0.170. The van der Waals surface area contributed by atoms with Gasteiger partial charge in [-0.15, -0.1) is 0 Å². The van der Waals surface area contributed by atoms with Crippen molar-refractivity contribution in [2.45, 2.75) is 63.1 Å². The number of allylic oxidation sites excluding steroid dienone is 4. The standard InChI is InChI=1S/C25H28O10/c1-5-6-7-8-14(26)17-13-11-25(23(2,19(17)28)21(30)24(13,3)32)22(31)34-18-15(27)9-12(20(29)33-4)10-16(18)35-25/h5-8,10,13,15-16,18,26-27,32H,9,11H2,1-4H3/b6-5+,8-7+,17-14-/t13-,15-,16+,18+,23+,24-,25-/m0/s1. The number of fused-ring (bicyclic) bond motifs is 3. The van der Waals surface area contributed by atoms with Crippen LogP contribution in [0, 0.1) is 11.3 Å². The smallest absolute Gasteiger partial charge is 0.340 e. The van der Waals surface area contributed by atoms with Crippen LogP contribution in [0.1, 0.15) is 33.6 Å². The van der Waals surface area contributed by atoms with E-state index in [1.807, 2.05) is 0 Å². The van der Waals surface area contributed by atoms with Crippen molar-refractivity contribution in [2.75, 3.05) is 7.11 Å². The Morgan fingerprint density at radius 2 is 1.91 bits per heavy atom. The molecule has 5 aliphatic rings. The van der Waals surface area contributed by atoms with Crippen LogP contribution < -0.4 is 0 Å². The van der Waals surface area contributed by atoms with Gasteiger partial charge < -0.3 is 29.5 Å². The van der Waals surface area contributed by atoms with Gasteiger partial charge >= 0.3 is 11.9 Å². The molecule has 188 valence electrons. The number of carbonyl (C=O) groups is 4. The molecule has 10 nitrogen and oxygen atoms in total. The number of ketones is 2. The Kier molecular flexibility index (Phi) is 5.90. The van der Waals surface area contributed by atoms with Crippen molar-refractivity contribution in [2.24, 2.45) is 11.3 Å². The van der Waals surface area contributed by atoms with Crippen LogP contribution >= 0.6 is 0 Å². The molecular weight excluding hydrogens is 460 g/mol. The molecule has 0 aromatic rings. The van der Waals surface area contributed by atoms with E-state index in [4.69, 9.17) is 14.2 Å². The normalized spacial score (nSPS) is 42.3. The molecule has 4 aliphatic carbocycles. The molecule has 2 bridgehead atoms. The first-order chi connectivity index (χ1) is 16.4. The highest BCUT2D eigenvalue weighted by atomic mass is 16.6. The van der Waals surface area contributed by atoms with Gasteiger partial charge in [0.1, 0.15) is 22.9 Å². The zero-order valence-corrected chi connectivity index (χ0v) is 19.8. The molecule has 0 aromatic carbocycles. The van der Waals surface area contributed by atoms with Gasteiger partial charge in [0.05, 0.1) is 13.2 Å². The summed E-state index contributed by atoms with van der Waals surface area (Å²) < 4.78 is 16.4. The molecule has 1 heterocycles. The van der Waals surface area contributed by atoms with Crippen LogP contribution in [0.5, 0.6) is 0 Å². The molecule has 0 aromatic heterocycles. The zero-order chi connectivity index (χ0) is 25.9. The summed E-state index contributed by atoms with van der Waals surface area (Å²) in [6, 6.07) is 0. The summed E-state index contributed by atoms with van der Waals surface area (Å²) in [6.45, 7) is 4.19. The van der Waals surface area contributed by atoms with E-state index < -0.39 is 70.1 Å². The third-order valence-electron chi connectivity index (χ3n) is 7.63. The lowest BCUT2D eigenvalue weighted by Gasteiger charge is -2.61. The van der Waals surface area contributed by atoms with Gasteiger partial charge in [-0.2, -0.15) is 0 Å². The van der Waals surface area contributed by atoms with Gasteiger partial charge in [0.15, 0.2) is 23.3 Å². The van der Waals surface area contributed by atoms with Gasteiger partial charge in [-0.05, 0) is 39.3 Å². The first-order valence-electron chi connectivity index (χ1n) is 11.3. The average molecular weight is 488 g/mol. The maximum Gasteiger partial charge on any atom is 0.340 e. The highest BCUT2D eigenvalue weighted by Crippen LogP contribution is 2.61. The molecule has 3 saturated carbocycles. The Balaban J connectivity index is 1.84. The minimum atomic E-state index is -2.24. The van der Waals surface area contributed by atoms with Crippen LogP contribution in [-0.4, -0.2) is 75.4 Å². The fourth-order valence-corrected chi connectivity index (χ4v) is 5.68. The van der Waals surface area contributed by atoms with Crippen molar-refractivity contribution in [1.82, 2.24) is 0 Å². The molecule has 0 unspecified atom stereocenters. The molecule has 1 saturated heterocycles. The summed E-state index contributed by atoms with van der Waals surface area (Å²) in [5, 5.41) is 32.3. The van der Waals surface area contributed by atoms with E-state index in [0.717, 1.165) is 0 Å². The summed E-state index contributed by atoms with van der Waals surface area (Å²) in [7, 11) is 1.18. The Bertz CT molecular complexity index is 1130. The van der Waals surface area contributed by atoms with E-state index in [-0.39, 0.29) is 24.0 Å². The van der Waals surface area contributed by atoms with Gasteiger partial charge in [-0.25, -0.2) is 9.59 Å². The van der Waals surface area contributed by atoms with Crippen molar-refractivity contribution in [3.05, 3.63) is 47.3 Å². The Labute approximate surface area is 201 Å². The van der Waals surface area contributed by atoms with E-state index >= 15 is 0 Å². The maximum absolute atomic E-state index is 13.7. The molecule has 5 rings (SSSR count). The van der Waals surface area contributed by atoms with E-state index in [1.165, 1.54) is 39.2 Å². The van der Waals surface area contributed by atoms with Crippen molar-refractivity contribution in [1.29, 1.82) is 0 Å². The highest BCUT2D eigenvalue weighted by molar-refractivity contribution is 6.25. The number of aliphatic hydroxyl groups excluding tert-OH is 2. The summed E-state index contributed by atoms with van der Waals surface area (Å²) in [6.07, 6.45) is 3.37. The largest absolute Gasteiger partial charge is 0.508 e. The second-order valence-electron chi connectivity index (χ2n) is 9.61. The van der Waals surface area contributed by atoms with Gasteiger partial charge in [0, 0.05) is 23.5 Å². The lowest BCUT2D eigenvalue weighted by molar-refractivity contribution is -0.270. The highest BCUT2D eigenvalue weighted by Gasteiger charge is 2.79. The lowest BCUT2D eigenvalue weighted by atomic mass is 9.45. The Morgan fingerprint density at radius 1 is 1.23 bits per heavy atom. The van der Waals surface area contributed by atoms with Gasteiger partial charge in [0.2, 0.25) is 0 Å². The van der Waals surface area contributed by atoms with E-state index in [9.17, 15) is 34.5 Å². The second kappa shape index (κ2) is 8.25. The predicted molar refractivity (Wildman–Crippen MR) is 119 cm³/mol. The first kappa shape index (κ1) is 25.0. The fourth-order valence-electron chi connectivity index (χ4n) is 5.68. The van der Waals surface area contributed by atoms with Gasteiger partial charge in [0.25, 0.3) is 0 Å². The molecule has 0 amide bonds. The SMILES string of the molecule is C/C=C/C=C/C(O)=C1/C(=O)[C@]2(C)C(=O)[C@@](C)(O)[C@H]1C[C@@]21O[C@@H]2C=C(C(=O)OC)C[C@H](O)[C@H]2OC1=O. The average Bonchev–Trinajstić information content (AvgIpc) is 2.81. The first-order valence-corrected chi connectivity index (χ1v) is 11.3. The molecule has 10 heteroatoms. The molecule has 7 atom stereocenters. The monoisotopic (exact) mass is 488 g/mol. The summed E-state index contributed by atoms with van der Waals surface area (Å²) in [5.41, 5.74) is -6.55. The van der Waals surface area contributed by atoms with E-state index in [2.05, 4.69) is 0 Å². The Morgan fingerprint density at radius 3 is 2.54 bits per heavy atom. The summed E-state index contributed by atoms with van der Waals surface area (Å²) in [4.78, 5) is 52.7. The number of methoxy groups -OCH3 is 1. The van der Waals surface area contributed by atoms with Crippen LogP contribution in [0.3, 0.4) is 0 Å². The maximum atomic E-state index is 13.7. The number of carbonyl (C=O) groups excluding carboxylic acids is 4. The van der Waals surface area contributed by atoms with E-state index in [1.54, 1.807) is 19.1 Å².